The van der Waals surface area contributed by atoms with E-state index in [9.17, 15) is 13.2 Å². The summed E-state index contributed by atoms with van der Waals surface area (Å²) in [6, 6.07) is 8.42. The lowest BCUT2D eigenvalue weighted by Crippen LogP contribution is -2.33. The van der Waals surface area contributed by atoms with Crippen LogP contribution in [0.25, 0.3) is 21.9 Å². The second-order valence-corrected chi connectivity index (χ2v) is 7.80. The molecule has 138 valence electrons. The average Bonchev–Trinajstić information content (AvgIpc) is 3.26. The molecule has 11 heteroatoms. The van der Waals surface area contributed by atoms with Gasteiger partial charge in [0.1, 0.15) is 10.5 Å². The number of sulfonamides is 1. The molecular formula is C16H13ClN6O3S. The SMILES string of the molecule is O=C(CNS(=O)(=O)c1c[nH]c2ncccc12)Nc1n[nH]c2c(Cl)cccc12. The van der Waals surface area contributed by atoms with E-state index in [0.29, 0.717) is 27.0 Å². The Morgan fingerprint density at radius 1 is 1.19 bits per heavy atom. The molecule has 0 unspecified atom stereocenters. The fraction of sp³-hybridized carbons (Fsp3) is 0.0625. The second-order valence-electron chi connectivity index (χ2n) is 5.66. The van der Waals surface area contributed by atoms with E-state index in [-0.39, 0.29) is 10.7 Å². The number of rotatable bonds is 5. The predicted octanol–water partition coefficient (Wildman–Crippen LogP) is 2.01. The summed E-state index contributed by atoms with van der Waals surface area (Å²) < 4.78 is 27.3. The van der Waals surface area contributed by atoms with Crippen molar-refractivity contribution in [1.29, 1.82) is 0 Å². The molecule has 0 aliphatic rings. The molecule has 0 saturated carbocycles. The largest absolute Gasteiger partial charge is 0.345 e. The summed E-state index contributed by atoms with van der Waals surface area (Å²) in [5.41, 5.74) is 1.03. The van der Waals surface area contributed by atoms with E-state index in [1.165, 1.54) is 6.20 Å². The highest BCUT2D eigenvalue weighted by molar-refractivity contribution is 7.89. The van der Waals surface area contributed by atoms with Gasteiger partial charge < -0.3 is 10.3 Å². The molecule has 4 N–H and O–H groups in total. The minimum atomic E-state index is -3.90. The summed E-state index contributed by atoms with van der Waals surface area (Å²) in [6.45, 7) is -0.454. The number of aromatic nitrogens is 4. The number of hydrogen-bond donors (Lipinski definition) is 4. The molecule has 0 spiro atoms. The van der Waals surface area contributed by atoms with E-state index in [1.54, 1.807) is 36.5 Å². The van der Waals surface area contributed by atoms with Crippen molar-refractivity contribution in [2.45, 2.75) is 4.90 Å². The molecule has 0 radical (unpaired) electrons. The number of nitrogens with zero attached hydrogens (tertiary/aromatic N) is 2. The number of H-pyrrole nitrogens is 2. The van der Waals surface area contributed by atoms with Gasteiger partial charge in [0.2, 0.25) is 15.9 Å². The van der Waals surface area contributed by atoms with Crippen LogP contribution < -0.4 is 10.0 Å². The smallest absolute Gasteiger partial charge is 0.243 e. The van der Waals surface area contributed by atoms with Crippen molar-refractivity contribution in [1.82, 2.24) is 24.9 Å². The van der Waals surface area contributed by atoms with Gasteiger partial charge >= 0.3 is 0 Å². The molecule has 9 nitrogen and oxygen atoms in total. The second kappa shape index (κ2) is 6.65. The Kier molecular flexibility index (Phi) is 4.30. The van der Waals surface area contributed by atoms with E-state index in [1.807, 2.05) is 0 Å². The molecule has 27 heavy (non-hydrogen) atoms. The number of carbonyl (C=O) groups is 1. The molecule has 0 aliphatic carbocycles. The number of halogens is 1. The van der Waals surface area contributed by atoms with Crippen LogP contribution in [0.2, 0.25) is 5.02 Å². The number of carbonyl (C=O) groups excluding carboxylic acids is 1. The lowest BCUT2D eigenvalue weighted by atomic mass is 10.2. The van der Waals surface area contributed by atoms with Crippen molar-refractivity contribution in [2.24, 2.45) is 0 Å². The number of fused-ring (bicyclic) bond motifs is 2. The average molecular weight is 405 g/mol. The lowest BCUT2D eigenvalue weighted by molar-refractivity contribution is -0.115. The maximum Gasteiger partial charge on any atom is 0.243 e. The van der Waals surface area contributed by atoms with E-state index in [4.69, 9.17) is 11.6 Å². The number of aromatic amines is 2. The monoisotopic (exact) mass is 404 g/mol. The van der Waals surface area contributed by atoms with Gasteiger partial charge in [-0.15, -0.1) is 0 Å². The Morgan fingerprint density at radius 2 is 2.00 bits per heavy atom. The molecule has 3 heterocycles. The first-order valence-corrected chi connectivity index (χ1v) is 9.66. The number of amides is 1. The highest BCUT2D eigenvalue weighted by atomic mass is 35.5. The molecule has 0 saturated heterocycles. The number of anilines is 1. The number of nitrogens with one attached hydrogen (secondary N) is 4. The molecular weight excluding hydrogens is 392 g/mol. The molecule has 0 atom stereocenters. The van der Waals surface area contributed by atoms with Crippen molar-refractivity contribution in [2.75, 3.05) is 11.9 Å². The van der Waals surface area contributed by atoms with Crippen LogP contribution in [0, 0.1) is 0 Å². The van der Waals surface area contributed by atoms with Crippen molar-refractivity contribution >= 4 is 55.3 Å². The molecule has 3 aromatic heterocycles. The summed E-state index contributed by atoms with van der Waals surface area (Å²) in [7, 11) is -3.90. The quantitative estimate of drug-likeness (QED) is 0.404. The van der Waals surface area contributed by atoms with E-state index in [2.05, 4.69) is 30.2 Å². The summed E-state index contributed by atoms with van der Waals surface area (Å²) in [4.78, 5) is 19.0. The van der Waals surface area contributed by atoms with Crippen LogP contribution in [0.4, 0.5) is 5.82 Å². The Bertz CT molecular complexity index is 1260. The van der Waals surface area contributed by atoms with Gasteiger partial charge in [0.15, 0.2) is 5.82 Å². The molecule has 1 aromatic carbocycles. The minimum absolute atomic E-state index is 0.0235. The van der Waals surface area contributed by atoms with Crippen LogP contribution in [0.3, 0.4) is 0 Å². The van der Waals surface area contributed by atoms with Crippen LogP contribution in [0.5, 0.6) is 0 Å². The van der Waals surface area contributed by atoms with Gasteiger partial charge in [-0.25, -0.2) is 18.1 Å². The van der Waals surface area contributed by atoms with Crippen LogP contribution >= 0.6 is 11.6 Å². The van der Waals surface area contributed by atoms with Crippen LogP contribution in [-0.2, 0) is 14.8 Å². The molecule has 4 rings (SSSR count). The number of para-hydroxylation sites is 1. The third-order valence-electron chi connectivity index (χ3n) is 3.93. The zero-order valence-corrected chi connectivity index (χ0v) is 15.2. The van der Waals surface area contributed by atoms with Gasteiger partial charge in [-0.05, 0) is 24.3 Å². The molecule has 4 aromatic rings. The van der Waals surface area contributed by atoms with Crippen molar-refractivity contribution in [3.05, 3.63) is 47.7 Å². The summed E-state index contributed by atoms with van der Waals surface area (Å²) in [5, 5.41) is 10.8. The highest BCUT2D eigenvalue weighted by Crippen LogP contribution is 2.26. The number of benzene rings is 1. The molecule has 0 aliphatic heterocycles. The number of pyridine rings is 1. The summed E-state index contributed by atoms with van der Waals surface area (Å²) >= 11 is 6.05. The zero-order valence-electron chi connectivity index (χ0n) is 13.7. The normalized spacial score (nSPS) is 11.9. The number of hydrogen-bond acceptors (Lipinski definition) is 5. The van der Waals surface area contributed by atoms with Crippen LogP contribution in [0.1, 0.15) is 0 Å². The maximum absolute atomic E-state index is 12.5. The third-order valence-corrected chi connectivity index (χ3v) is 5.69. The third kappa shape index (κ3) is 3.25. The fourth-order valence-electron chi connectivity index (χ4n) is 2.67. The molecule has 1 amide bonds. The first kappa shape index (κ1) is 17.5. The van der Waals surface area contributed by atoms with Gasteiger partial charge in [-0.1, -0.05) is 17.7 Å². The Balaban J connectivity index is 1.49. The molecule has 0 bridgehead atoms. The summed E-state index contributed by atoms with van der Waals surface area (Å²) in [6.07, 6.45) is 2.89. The van der Waals surface area contributed by atoms with Crippen molar-refractivity contribution in [3.8, 4) is 0 Å². The van der Waals surface area contributed by atoms with Crippen molar-refractivity contribution < 1.29 is 13.2 Å². The summed E-state index contributed by atoms with van der Waals surface area (Å²) in [5.74, 6) is -0.294. The predicted molar refractivity (Wildman–Crippen MR) is 101 cm³/mol. The standard InChI is InChI=1S/C16H13ClN6O3S/c17-11-5-1-3-10-14(11)22-23-16(10)21-13(24)8-20-27(25,26)12-7-19-15-9(12)4-2-6-18-15/h1-7,20H,8H2,(H,18,19)(H2,21,22,23,24). The first-order chi connectivity index (χ1) is 13.0. The minimum Gasteiger partial charge on any atom is -0.345 e. The van der Waals surface area contributed by atoms with Crippen molar-refractivity contribution in [3.63, 3.8) is 0 Å². The van der Waals surface area contributed by atoms with Gasteiger partial charge in [0.05, 0.1) is 17.1 Å². The van der Waals surface area contributed by atoms with E-state index >= 15 is 0 Å². The van der Waals surface area contributed by atoms with E-state index in [0.717, 1.165) is 0 Å². The zero-order chi connectivity index (χ0) is 19.0. The highest BCUT2D eigenvalue weighted by Gasteiger charge is 2.20. The van der Waals surface area contributed by atoms with Crippen LogP contribution in [0.15, 0.2) is 47.6 Å². The lowest BCUT2D eigenvalue weighted by Gasteiger charge is -2.06. The Morgan fingerprint density at radius 3 is 2.85 bits per heavy atom. The van der Waals surface area contributed by atoms with Crippen LogP contribution in [-0.4, -0.2) is 41.0 Å². The van der Waals surface area contributed by atoms with E-state index < -0.39 is 22.5 Å². The fourth-order valence-corrected chi connectivity index (χ4v) is 4.03. The Labute approximate surface area is 158 Å². The maximum atomic E-state index is 12.5. The molecule has 0 fully saturated rings. The topological polar surface area (TPSA) is 133 Å². The van der Waals surface area contributed by atoms with Gasteiger partial charge in [-0.2, -0.15) is 5.10 Å². The van der Waals surface area contributed by atoms with Gasteiger partial charge in [0.25, 0.3) is 0 Å². The van der Waals surface area contributed by atoms with Gasteiger partial charge in [0, 0.05) is 23.2 Å². The van der Waals surface area contributed by atoms with Gasteiger partial charge in [-0.3, -0.25) is 9.89 Å². The Hall–Kier alpha value is -2.95. The first-order valence-electron chi connectivity index (χ1n) is 7.80.